The molecule has 0 saturated heterocycles. The number of nitrogens with one attached hydrogen (secondary N) is 2. The molecule has 0 atom stereocenters. The van der Waals surface area contributed by atoms with Crippen LogP contribution >= 0.6 is 11.3 Å². The van der Waals surface area contributed by atoms with Crippen molar-refractivity contribution in [3.05, 3.63) is 58.6 Å². The number of aromatic nitrogens is 4. The third-order valence-corrected chi connectivity index (χ3v) is 4.77. The van der Waals surface area contributed by atoms with Crippen LogP contribution in [0, 0.1) is 0 Å². The molecule has 0 unspecified atom stereocenters. The zero-order chi connectivity index (χ0) is 20.7. The van der Waals surface area contributed by atoms with E-state index in [-0.39, 0.29) is 0 Å². The third-order valence-electron chi connectivity index (χ3n) is 3.86. The van der Waals surface area contributed by atoms with E-state index >= 15 is 0 Å². The fraction of sp³-hybridized carbons (Fsp3) is 0.333. The second-order valence-electron chi connectivity index (χ2n) is 6.00. The molecule has 0 radical (unpaired) electrons. The van der Waals surface area contributed by atoms with Gasteiger partial charge in [0.2, 0.25) is 0 Å². The molecule has 29 heavy (non-hydrogen) atoms. The Morgan fingerprint density at radius 1 is 1.21 bits per heavy atom. The van der Waals surface area contributed by atoms with Gasteiger partial charge in [-0.15, -0.1) is 11.3 Å². The van der Waals surface area contributed by atoms with Crippen molar-refractivity contribution in [1.29, 1.82) is 0 Å². The van der Waals surface area contributed by atoms with Crippen molar-refractivity contribution in [2.24, 2.45) is 4.99 Å². The van der Waals surface area contributed by atoms with Crippen LogP contribution in [0.5, 0.6) is 0 Å². The maximum atomic E-state index is 12.6. The highest BCUT2D eigenvalue weighted by Gasteiger charge is 2.33. The van der Waals surface area contributed by atoms with E-state index in [2.05, 4.69) is 30.7 Å². The molecule has 0 fully saturated rings. The van der Waals surface area contributed by atoms with Gasteiger partial charge in [0.1, 0.15) is 12.7 Å². The second-order valence-corrected chi connectivity index (χ2v) is 6.95. The molecule has 2 N–H and O–H groups in total. The number of benzene rings is 1. The molecule has 2 heterocycles. The van der Waals surface area contributed by atoms with Gasteiger partial charge in [-0.25, -0.2) is 19.6 Å². The van der Waals surface area contributed by atoms with Gasteiger partial charge in [0, 0.05) is 24.9 Å². The van der Waals surface area contributed by atoms with Crippen LogP contribution in [0.15, 0.2) is 47.3 Å². The van der Waals surface area contributed by atoms with Crippen LogP contribution in [0.3, 0.4) is 0 Å². The van der Waals surface area contributed by atoms with Crippen LogP contribution < -0.4 is 10.6 Å². The van der Waals surface area contributed by atoms with E-state index in [9.17, 15) is 13.2 Å². The largest absolute Gasteiger partial charge is 0.434 e. The Labute approximate surface area is 169 Å². The van der Waals surface area contributed by atoms with E-state index < -0.39 is 11.9 Å². The molecule has 2 aromatic heterocycles. The average molecular weight is 423 g/mol. The Hall–Kier alpha value is -2.95. The van der Waals surface area contributed by atoms with Crippen molar-refractivity contribution in [3.63, 3.8) is 0 Å². The third kappa shape index (κ3) is 6.01. The highest BCUT2D eigenvalue weighted by Crippen LogP contribution is 2.29. The van der Waals surface area contributed by atoms with E-state index in [0.717, 1.165) is 28.0 Å². The molecule has 0 bridgehead atoms. The molecule has 3 aromatic rings. The maximum absolute atomic E-state index is 12.6. The van der Waals surface area contributed by atoms with E-state index in [1.165, 1.54) is 6.33 Å². The first kappa shape index (κ1) is 20.8. The number of guanidine groups is 1. The van der Waals surface area contributed by atoms with Gasteiger partial charge in [-0.05, 0) is 24.6 Å². The number of nitrogens with zero attached hydrogens (tertiary/aromatic N) is 5. The van der Waals surface area contributed by atoms with Crippen LogP contribution in [0.4, 0.5) is 13.2 Å². The maximum Gasteiger partial charge on any atom is 0.434 e. The number of alkyl halides is 3. The van der Waals surface area contributed by atoms with E-state index in [0.29, 0.717) is 37.0 Å². The molecular weight excluding hydrogens is 403 g/mol. The Morgan fingerprint density at radius 3 is 2.62 bits per heavy atom. The van der Waals surface area contributed by atoms with Gasteiger partial charge in [-0.1, -0.05) is 12.1 Å². The van der Waals surface area contributed by atoms with Crippen LogP contribution in [0.25, 0.3) is 5.69 Å². The van der Waals surface area contributed by atoms with Crippen molar-refractivity contribution < 1.29 is 13.2 Å². The SMILES string of the molecule is CCNC(=NCc1ccc(-n2cncn2)cc1)NCCc1nc(C(F)(F)F)cs1. The number of thiazole rings is 1. The Kier molecular flexibility index (Phi) is 6.81. The minimum absolute atomic E-state index is 0.387. The summed E-state index contributed by atoms with van der Waals surface area (Å²) in [6.45, 7) is 3.51. The Morgan fingerprint density at radius 2 is 2.00 bits per heavy atom. The lowest BCUT2D eigenvalue weighted by atomic mass is 10.2. The first-order valence-corrected chi connectivity index (χ1v) is 9.81. The number of hydrogen-bond acceptors (Lipinski definition) is 5. The van der Waals surface area contributed by atoms with Crippen LogP contribution in [-0.2, 0) is 19.1 Å². The first-order valence-electron chi connectivity index (χ1n) is 8.93. The van der Waals surface area contributed by atoms with Crippen LogP contribution in [0.1, 0.15) is 23.2 Å². The molecule has 154 valence electrons. The lowest BCUT2D eigenvalue weighted by Crippen LogP contribution is -2.38. The molecule has 0 aliphatic heterocycles. The molecule has 0 saturated carbocycles. The monoisotopic (exact) mass is 423 g/mol. The van der Waals surface area contributed by atoms with E-state index in [1.807, 2.05) is 31.2 Å². The topological polar surface area (TPSA) is 80.0 Å². The minimum Gasteiger partial charge on any atom is -0.357 e. The fourth-order valence-electron chi connectivity index (χ4n) is 2.45. The molecule has 0 amide bonds. The van der Waals surface area contributed by atoms with E-state index in [4.69, 9.17) is 0 Å². The summed E-state index contributed by atoms with van der Waals surface area (Å²) < 4.78 is 39.5. The van der Waals surface area contributed by atoms with Crippen molar-refractivity contribution in [2.75, 3.05) is 13.1 Å². The molecule has 11 heteroatoms. The number of aliphatic imine (C=N–C) groups is 1. The Bertz CT molecular complexity index is 918. The molecule has 0 spiro atoms. The number of hydrogen-bond donors (Lipinski definition) is 2. The zero-order valence-electron chi connectivity index (χ0n) is 15.6. The van der Waals surface area contributed by atoms with Gasteiger partial charge in [-0.3, -0.25) is 0 Å². The summed E-state index contributed by atoms with van der Waals surface area (Å²) in [6.07, 6.45) is -0.914. The standard InChI is InChI=1S/C18H20F3N7S/c1-2-23-17(24-8-7-16-27-15(10-29-16)18(19,20)21)25-9-13-3-5-14(6-4-13)28-12-22-11-26-28/h3-6,10-12H,2,7-9H2,1H3,(H2,23,24,25). The van der Waals surface area contributed by atoms with Gasteiger partial charge in [0.05, 0.1) is 17.2 Å². The Balaban J connectivity index is 1.53. The summed E-state index contributed by atoms with van der Waals surface area (Å²) in [5.74, 6) is 0.598. The fourth-order valence-corrected chi connectivity index (χ4v) is 3.26. The highest BCUT2D eigenvalue weighted by atomic mass is 32.1. The zero-order valence-corrected chi connectivity index (χ0v) is 16.5. The van der Waals surface area contributed by atoms with Gasteiger partial charge >= 0.3 is 6.18 Å². The van der Waals surface area contributed by atoms with Crippen molar-refractivity contribution in [1.82, 2.24) is 30.4 Å². The lowest BCUT2D eigenvalue weighted by Gasteiger charge is -2.11. The summed E-state index contributed by atoms with van der Waals surface area (Å²) in [5, 5.41) is 11.8. The van der Waals surface area contributed by atoms with E-state index in [1.54, 1.807) is 11.0 Å². The van der Waals surface area contributed by atoms with Crippen LogP contribution in [-0.4, -0.2) is 38.8 Å². The minimum atomic E-state index is -4.40. The van der Waals surface area contributed by atoms with Gasteiger partial charge in [0.15, 0.2) is 11.7 Å². The molecule has 7 nitrogen and oxygen atoms in total. The summed E-state index contributed by atoms with van der Waals surface area (Å²) >= 11 is 1.01. The smallest absolute Gasteiger partial charge is 0.357 e. The predicted octanol–water partition coefficient (Wildman–Crippen LogP) is 3.04. The normalized spacial score (nSPS) is 12.2. The molecule has 3 rings (SSSR count). The van der Waals surface area contributed by atoms with Gasteiger partial charge in [0.25, 0.3) is 0 Å². The lowest BCUT2D eigenvalue weighted by molar-refractivity contribution is -0.140. The average Bonchev–Trinajstić information content (AvgIpc) is 3.38. The predicted molar refractivity (Wildman–Crippen MR) is 105 cm³/mol. The molecule has 0 aliphatic rings. The van der Waals surface area contributed by atoms with Crippen molar-refractivity contribution in [2.45, 2.75) is 26.1 Å². The summed E-state index contributed by atoms with van der Waals surface area (Å²) in [6, 6.07) is 7.78. The number of rotatable bonds is 7. The summed E-state index contributed by atoms with van der Waals surface area (Å²) in [4.78, 5) is 12.1. The summed E-state index contributed by atoms with van der Waals surface area (Å²) in [7, 11) is 0. The molecule has 0 aliphatic carbocycles. The van der Waals surface area contributed by atoms with Gasteiger partial charge in [-0.2, -0.15) is 18.3 Å². The second kappa shape index (κ2) is 9.50. The van der Waals surface area contributed by atoms with Crippen molar-refractivity contribution in [3.8, 4) is 5.69 Å². The summed E-state index contributed by atoms with van der Waals surface area (Å²) in [5.41, 5.74) is 1.08. The number of halogens is 3. The molecular formula is C18H20F3N7S. The quantitative estimate of drug-likeness (QED) is 0.451. The van der Waals surface area contributed by atoms with Gasteiger partial charge < -0.3 is 10.6 Å². The van der Waals surface area contributed by atoms with Crippen molar-refractivity contribution >= 4 is 17.3 Å². The first-order chi connectivity index (χ1) is 14.0. The van der Waals surface area contributed by atoms with Crippen LogP contribution in [0.2, 0.25) is 0 Å². The highest BCUT2D eigenvalue weighted by molar-refractivity contribution is 7.09. The molecule has 1 aromatic carbocycles.